The number of ether oxygens (including phenoxy) is 1. The maximum absolute atomic E-state index is 8.66. The molecular formula is C12H12N4OS. The number of hydrogen-bond donors (Lipinski definition) is 0. The molecule has 0 radical (unpaired) electrons. The largest absolute Gasteiger partial charge is 0.493 e. The Hall–Kier alpha value is -2.00. The minimum atomic E-state index is 0.587. The van der Waals surface area contributed by atoms with Crippen molar-refractivity contribution in [2.45, 2.75) is 5.16 Å². The van der Waals surface area contributed by atoms with E-state index in [0.29, 0.717) is 12.2 Å². The van der Waals surface area contributed by atoms with Gasteiger partial charge in [-0.3, -0.25) is 0 Å². The zero-order chi connectivity index (χ0) is 12.8. The van der Waals surface area contributed by atoms with E-state index < -0.39 is 0 Å². The van der Waals surface area contributed by atoms with E-state index in [-0.39, 0.29) is 0 Å². The third kappa shape index (κ3) is 3.25. The minimum absolute atomic E-state index is 0.587. The van der Waals surface area contributed by atoms with Crippen molar-refractivity contribution in [3.05, 3.63) is 36.2 Å². The Morgan fingerprint density at radius 1 is 1.39 bits per heavy atom. The second kappa shape index (κ2) is 6.07. The molecule has 0 aliphatic heterocycles. The number of aromatic nitrogens is 3. The Balaban J connectivity index is 1.75. The van der Waals surface area contributed by atoms with Gasteiger partial charge in [0.1, 0.15) is 12.1 Å². The van der Waals surface area contributed by atoms with Crippen molar-refractivity contribution in [1.29, 1.82) is 5.26 Å². The molecule has 2 rings (SSSR count). The molecule has 2 aromatic rings. The molecule has 0 spiro atoms. The van der Waals surface area contributed by atoms with E-state index in [1.807, 2.05) is 7.05 Å². The summed E-state index contributed by atoms with van der Waals surface area (Å²) < 4.78 is 7.28. The highest BCUT2D eigenvalue weighted by Crippen LogP contribution is 2.15. The lowest BCUT2D eigenvalue weighted by Gasteiger charge is -2.05. The third-order valence-corrected chi connectivity index (χ3v) is 3.24. The first kappa shape index (κ1) is 12.5. The lowest BCUT2D eigenvalue weighted by molar-refractivity contribution is 0.344. The molecule has 18 heavy (non-hydrogen) atoms. The Bertz CT molecular complexity index is 544. The Morgan fingerprint density at radius 2 is 2.17 bits per heavy atom. The van der Waals surface area contributed by atoms with Gasteiger partial charge in [-0.25, -0.2) is 9.67 Å². The average Bonchev–Trinajstić information content (AvgIpc) is 2.81. The lowest BCUT2D eigenvalue weighted by Crippen LogP contribution is -2.02. The van der Waals surface area contributed by atoms with Crippen LogP contribution in [-0.4, -0.2) is 27.1 Å². The van der Waals surface area contributed by atoms with Crippen LogP contribution in [0.2, 0.25) is 0 Å². The van der Waals surface area contributed by atoms with Gasteiger partial charge in [-0.05, 0) is 24.3 Å². The molecule has 0 aliphatic carbocycles. The number of rotatable bonds is 5. The molecule has 6 heteroatoms. The normalized spacial score (nSPS) is 10.0. The van der Waals surface area contributed by atoms with Crippen LogP contribution in [0.15, 0.2) is 35.7 Å². The van der Waals surface area contributed by atoms with Crippen molar-refractivity contribution in [1.82, 2.24) is 14.8 Å². The molecule has 0 bridgehead atoms. The van der Waals surface area contributed by atoms with Crippen molar-refractivity contribution in [2.75, 3.05) is 12.4 Å². The summed E-state index contributed by atoms with van der Waals surface area (Å²) in [5, 5.41) is 13.5. The first-order valence-corrected chi connectivity index (χ1v) is 6.38. The molecule has 1 heterocycles. The molecular weight excluding hydrogens is 248 g/mol. The maximum atomic E-state index is 8.66. The smallest absolute Gasteiger partial charge is 0.185 e. The van der Waals surface area contributed by atoms with Gasteiger partial charge in [-0.2, -0.15) is 10.4 Å². The van der Waals surface area contributed by atoms with Crippen LogP contribution in [0.25, 0.3) is 0 Å². The standard InChI is InChI=1S/C12H12N4OS/c1-16-12(14-9-15-16)18-7-6-17-11-4-2-10(8-13)3-5-11/h2-5,9H,6-7H2,1H3. The molecule has 1 aromatic heterocycles. The molecule has 0 N–H and O–H groups in total. The number of nitrogens with zero attached hydrogens (tertiary/aromatic N) is 4. The summed E-state index contributed by atoms with van der Waals surface area (Å²) in [6.45, 7) is 0.587. The topological polar surface area (TPSA) is 63.7 Å². The highest BCUT2D eigenvalue weighted by molar-refractivity contribution is 7.99. The summed E-state index contributed by atoms with van der Waals surface area (Å²) in [5.74, 6) is 1.57. The van der Waals surface area contributed by atoms with Crippen LogP contribution in [0.4, 0.5) is 0 Å². The van der Waals surface area contributed by atoms with Crippen molar-refractivity contribution < 1.29 is 4.74 Å². The van der Waals surface area contributed by atoms with Gasteiger partial charge < -0.3 is 4.74 Å². The van der Waals surface area contributed by atoms with E-state index in [9.17, 15) is 0 Å². The Labute approximate surface area is 109 Å². The van der Waals surface area contributed by atoms with Crippen LogP contribution < -0.4 is 4.74 Å². The van der Waals surface area contributed by atoms with Crippen LogP contribution in [0.3, 0.4) is 0 Å². The second-order valence-electron chi connectivity index (χ2n) is 3.50. The first-order valence-electron chi connectivity index (χ1n) is 5.39. The van der Waals surface area contributed by atoms with Gasteiger partial charge >= 0.3 is 0 Å². The highest BCUT2D eigenvalue weighted by atomic mass is 32.2. The fourth-order valence-electron chi connectivity index (χ4n) is 1.33. The summed E-state index contributed by atoms with van der Waals surface area (Å²) >= 11 is 1.59. The molecule has 1 aromatic carbocycles. The molecule has 0 aliphatic rings. The Kier molecular flexibility index (Phi) is 4.20. The quantitative estimate of drug-likeness (QED) is 0.606. The van der Waals surface area contributed by atoms with E-state index in [4.69, 9.17) is 10.00 Å². The zero-order valence-electron chi connectivity index (χ0n) is 9.91. The van der Waals surface area contributed by atoms with E-state index in [1.165, 1.54) is 6.33 Å². The van der Waals surface area contributed by atoms with Crippen molar-refractivity contribution in [2.24, 2.45) is 7.05 Å². The second-order valence-corrected chi connectivity index (χ2v) is 4.56. The average molecular weight is 260 g/mol. The van der Waals surface area contributed by atoms with E-state index in [2.05, 4.69) is 16.2 Å². The van der Waals surface area contributed by atoms with Crippen molar-refractivity contribution in [3.8, 4) is 11.8 Å². The van der Waals surface area contributed by atoms with Crippen LogP contribution >= 0.6 is 11.8 Å². The number of hydrogen-bond acceptors (Lipinski definition) is 5. The summed E-state index contributed by atoms with van der Waals surface area (Å²) in [6, 6.07) is 9.15. The SMILES string of the molecule is Cn1ncnc1SCCOc1ccc(C#N)cc1. The van der Waals surface area contributed by atoms with Crippen LogP contribution in [0.1, 0.15) is 5.56 Å². The minimum Gasteiger partial charge on any atom is -0.493 e. The number of nitriles is 1. The van der Waals surface area contributed by atoms with Crippen molar-refractivity contribution in [3.63, 3.8) is 0 Å². The van der Waals surface area contributed by atoms with Gasteiger partial charge in [0.05, 0.1) is 18.2 Å². The van der Waals surface area contributed by atoms with Crippen LogP contribution in [0.5, 0.6) is 5.75 Å². The fraction of sp³-hybridized carbons (Fsp3) is 0.250. The molecule has 0 fully saturated rings. The first-order chi connectivity index (χ1) is 8.79. The summed E-state index contributed by atoms with van der Waals surface area (Å²) in [7, 11) is 1.86. The summed E-state index contributed by atoms with van der Waals surface area (Å²) in [6.07, 6.45) is 1.53. The monoisotopic (exact) mass is 260 g/mol. The van der Waals surface area contributed by atoms with E-state index >= 15 is 0 Å². The molecule has 0 saturated carbocycles. The zero-order valence-corrected chi connectivity index (χ0v) is 10.7. The summed E-state index contributed by atoms with van der Waals surface area (Å²) in [5.41, 5.74) is 0.635. The van der Waals surface area contributed by atoms with Gasteiger partial charge in [0, 0.05) is 12.8 Å². The van der Waals surface area contributed by atoms with Gasteiger partial charge in [-0.1, -0.05) is 11.8 Å². The van der Waals surface area contributed by atoms with Gasteiger partial charge in [-0.15, -0.1) is 0 Å². The molecule has 5 nitrogen and oxygen atoms in total. The Morgan fingerprint density at radius 3 is 2.78 bits per heavy atom. The number of thioether (sulfide) groups is 1. The van der Waals surface area contributed by atoms with Crippen LogP contribution in [0, 0.1) is 11.3 Å². The molecule has 0 amide bonds. The number of aryl methyl sites for hydroxylation is 1. The summed E-state index contributed by atoms with van der Waals surface area (Å²) in [4.78, 5) is 4.11. The highest BCUT2D eigenvalue weighted by Gasteiger charge is 2.01. The molecule has 0 atom stereocenters. The van der Waals surface area contributed by atoms with Crippen molar-refractivity contribution >= 4 is 11.8 Å². The van der Waals surface area contributed by atoms with Crippen LogP contribution in [-0.2, 0) is 7.05 Å². The fourth-order valence-corrected chi connectivity index (χ4v) is 2.04. The molecule has 0 unspecified atom stereocenters. The number of benzene rings is 1. The molecule has 92 valence electrons. The van der Waals surface area contributed by atoms with Gasteiger partial charge in [0.15, 0.2) is 5.16 Å². The maximum Gasteiger partial charge on any atom is 0.185 e. The van der Waals surface area contributed by atoms with E-state index in [0.717, 1.165) is 16.7 Å². The van der Waals surface area contributed by atoms with Gasteiger partial charge in [0.2, 0.25) is 0 Å². The lowest BCUT2D eigenvalue weighted by atomic mass is 10.2. The van der Waals surface area contributed by atoms with E-state index in [1.54, 1.807) is 40.7 Å². The predicted octanol–water partition coefficient (Wildman–Crippen LogP) is 1.86. The van der Waals surface area contributed by atoms with Gasteiger partial charge in [0.25, 0.3) is 0 Å². The molecule has 0 saturated heterocycles. The third-order valence-electron chi connectivity index (χ3n) is 2.24. The predicted molar refractivity (Wildman–Crippen MR) is 68.4 cm³/mol.